The number of esters is 1. The van der Waals surface area contributed by atoms with Crippen molar-refractivity contribution in [2.45, 2.75) is 146 Å². The fraction of sp³-hybridized carbons (Fsp3) is 0.564. The number of rotatable bonds is 22. The molecule has 1 fully saturated rings. The van der Waals surface area contributed by atoms with Crippen molar-refractivity contribution in [1.82, 2.24) is 20.3 Å². The van der Waals surface area contributed by atoms with E-state index in [4.69, 9.17) is 9.47 Å². The van der Waals surface area contributed by atoms with E-state index in [0.717, 1.165) is 86.8 Å². The van der Waals surface area contributed by atoms with E-state index in [1.807, 2.05) is 32.1 Å². The molecule has 3 aliphatic rings. The highest BCUT2D eigenvalue weighted by Crippen LogP contribution is 2.49. The first-order valence-corrected chi connectivity index (χ1v) is 24.5. The summed E-state index contributed by atoms with van der Waals surface area (Å²) in [6.07, 6.45) is 21.1. The summed E-state index contributed by atoms with van der Waals surface area (Å²) >= 11 is 0. The molecule has 1 unspecified atom stereocenters. The van der Waals surface area contributed by atoms with Crippen LogP contribution >= 0.6 is 0 Å². The molecule has 5 heterocycles. The zero-order chi connectivity index (χ0) is 47.1. The number of aliphatic hydroxyl groups excluding tert-OH is 2. The molecule has 3 aromatic rings. The number of aliphatic hydroxyl groups is 2. The Bertz CT molecular complexity index is 2420. The number of hydrogen-bond acceptors (Lipinski definition) is 7. The van der Waals surface area contributed by atoms with Gasteiger partial charge in [-0.1, -0.05) is 97.8 Å². The van der Waals surface area contributed by atoms with Gasteiger partial charge in [0.25, 0.3) is 0 Å². The lowest BCUT2D eigenvalue weighted by Gasteiger charge is -2.23. The topological polar surface area (TPSA) is 152 Å². The monoisotopic (exact) mass is 891 g/mol. The maximum absolute atomic E-state index is 14.5. The Morgan fingerprint density at radius 3 is 2.15 bits per heavy atom. The Labute approximate surface area is 387 Å². The number of carbonyl (C=O) groups excluding carboxylic acids is 2. The van der Waals surface area contributed by atoms with Crippen molar-refractivity contribution in [2.75, 3.05) is 20.3 Å². The summed E-state index contributed by atoms with van der Waals surface area (Å²) in [5.41, 5.74) is 11.9. The molecule has 0 saturated carbocycles. The number of ketones is 1. The average molecular weight is 891 g/mol. The third-order valence-electron chi connectivity index (χ3n) is 14.7. The highest BCUT2D eigenvalue weighted by molar-refractivity contribution is 6.15. The summed E-state index contributed by atoms with van der Waals surface area (Å²) in [5.74, 6) is -0.156. The predicted octanol–water partition coefficient (Wildman–Crippen LogP) is 9.84. The summed E-state index contributed by atoms with van der Waals surface area (Å²) < 4.78 is 11.3. The van der Waals surface area contributed by atoms with Gasteiger partial charge in [-0.3, -0.25) is 9.59 Å². The van der Waals surface area contributed by atoms with Crippen LogP contribution in [0.2, 0.25) is 0 Å². The van der Waals surface area contributed by atoms with Crippen molar-refractivity contribution < 1.29 is 29.3 Å². The van der Waals surface area contributed by atoms with E-state index in [1.54, 1.807) is 0 Å². The number of hydrogen-bond donors (Lipinski definition) is 6. The van der Waals surface area contributed by atoms with Crippen molar-refractivity contribution in [3.05, 3.63) is 96.5 Å². The lowest BCUT2D eigenvalue weighted by Crippen LogP contribution is -2.29. The molecule has 10 nitrogen and oxygen atoms in total. The third kappa shape index (κ3) is 11.1. The molecule has 3 aromatic heterocycles. The van der Waals surface area contributed by atoms with Crippen molar-refractivity contribution in [1.29, 1.82) is 0 Å². The second-order valence-electron chi connectivity index (χ2n) is 19.9. The smallest absolute Gasteiger partial charge is 0.306 e. The van der Waals surface area contributed by atoms with Gasteiger partial charge in [-0.2, -0.15) is 0 Å². The van der Waals surface area contributed by atoms with Gasteiger partial charge >= 0.3 is 5.97 Å². The maximum atomic E-state index is 14.5. The van der Waals surface area contributed by atoms with Crippen LogP contribution in [-0.4, -0.2) is 63.5 Å². The van der Waals surface area contributed by atoms with Crippen LogP contribution in [0.25, 0.3) is 29.9 Å². The molecule has 354 valence electrons. The van der Waals surface area contributed by atoms with Crippen molar-refractivity contribution in [3.8, 4) is 0 Å². The van der Waals surface area contributed by atoms with Gasteiger partial charge in [-0.05, 0) is 118 Å². The number of Topliss-reactive ketones (excluding diaryl/α,β-unsaturated/α-hetero) is 1. The number of carbonyl (C=O) groups is 2. The largest absolute Gasteiger partial charge is 0.461 e. The van der Waals surface area contributed by atoms with Gasteiger partial charge in [0.1, 0.15) is 12.5 Å². The SMILES string of the molecule is C=Cc1c2[nH]c(c1C)/C=C1\N/C(=C3\c4[nH]c(c(C)c4C(=O)[C@@H]3C(O)OC)/C=c3\[nH]/c(c(C)c3CC)=C\2)[C@@H](CCC(=O)OC/C=C(\C)CCC[C@H](C)CCC[C@H](C)CCCC(C)C)[C@@H]1CO. The van der Waals surface area contributed by atoms with Crippen LogP contribution in [0.15, 0.2) is 29.6 Å². The quantitative estimate of drug-likeness (QED) is 0.0334. The molecule has 1 saturated heterocycles. The molecule has 6 N–H and O–H groups in total. The third-order valence-corrected chi connectivity index (χ3v) is 14.7. The first kappa shape index (κ1) is 49.8. The standard InChI is InChI=1S/C55H78N4O6/c1-12-38-36(9)43-28-47-41(30-60)40(23-24-48(61)65-26-25-34(7)22-16-21-33(6)20-15-19-32(5)18-14-17-31(3)4)52(59-47)50-51(55(63)64-11)54(62)49-37(10)44(58-53(49)50)29-46-39(13-2)35(8)42(56-46)27-45(38)57-43/h12,25,27-29,31-33,40-41,51,55-60,63H,1,13-24,26,30H2,2-11H3/b34-25+,42-27-,46-29-,47-28-,52-50-/t32-,33-,40+,41+,51-,55?/m1/s1. The number of ether oxygens (including phenoxy) is 2. The molecule has 0 aromatic carbocycles. The summed E-state index contributed by atoms with van der Waals surface area (Å²) in [6.45, 7) is 23.9. The first-order chi connectivity index (χ1) is 31.1. The molecule has 2 aliphatic heterocycles. The minimum atomic E-state index is -1.42. The second kappa shape index (κ2) is 22.2. The number of aromatic nitrogens is 3. The predicted molar refractivity (Wildman–Crippen MR) is 264 cm³/mol. The van der Waals surface area contributed by atoms with Gasteiger partial charge in [0, 0.05) is 81.2 Å². The summed E-state index contributed by atoms with van der Waals surface area (Å²) in [6, 6.07) is 0. The Balaban J connectivity index is 1.23. The lowest BCUT2D eigenvalue weighted by molar-refractivity contribution is -0.142. The fourth-order valence-corrected chi connectivity index (χ4v) is 10.6. The number of methoxy groups -OCH3 is 1. The zero-order valence-corrected chi connectivity index (χ0v) is 41.1. The van der Waals surface area contributed by atoms with E-state index in [1.165, 1.54) is 63.2 Å². The number of allylic oxidation sites excluding steroid dienone is 2. The molecule has 0 spiro atoms. The number of fused-ring (bicyclic) bond motifs is 7. The fourth-order valence-electron chi connectivity index (χ4n) is 10.6. The van der Waals surface area contributed by atoms with Gasteiger partial charge in [0.2, 0.25) is 0 Å². The average Bonchev–Trinajstić information content (AvgIpc) is 4.02. The Kier molecular flexibility index (Phi) is 17.0. The molecule has 6 atom stereocenters. The van der Waals surface area contributed by atoms with E-state index in [2.05, 4.69) is 87.5 Å². The van der Waals surface area contributed by atoms with E-state index in [0.29, 0.717) is 34.9 Å². The highest BCUT2D eigenvalue weighted by Gasteiger charge is 2.48. The van der Waals surface area contributed by atoms with Crippen LogP contribution in [0, 0.1) is 56.3 Å². The highest BCUT2D eigenvalue weighted by atomic mass is 16.6. The molecule has 1 aliphatic carbocycles. The van der Waals surface area contributed by atoms with Gasteiger partial charge in [-0.25, -0.2) is 0 Å². The van der Waals surface area contributed by atoms with Gasteiger partial charge < -0.3 is 40.0 Å². The molecule has 10 heteroatoms. The summed E-state index contributed by atoms with van der Waals surface area (Å²) in [7, 11) is 1.39. The van der Waals surface area contributed by atoms with Crippen LogP contribution in [-0.2, 0) is 20.7 Å². The lowest BCUT2D eigenvalue weighted by atomic mass is 9.84. The van der Waals surface area contributed by atoms with Crippen LogP contribution in [0.4, 0.5) is 0 Å². The van der Waals surface area contributed by atoms with E-state index < -0.39 is 24.0 Å². The minimum Gasteiger partial charge on any atom is -0.461 e. The van der Waals surface area contributed by atoms with Crippen molar-refractivity contribution >= 4 is 41.6 Å². The molecular formula is C55H78N4O6. The minimum absolute atomic E-state index is 0.101. The maximum Gasteiger partial charge on any atom is 0.306 e. The number of H-pyrrole nitrogens is 3. The molecule has 0 radical (unpaired) electrons. The normalized spacial score (nSPS) is 22.5. The number of aromatic amines is 3. The molecular weight excluding hydrogens is 813 g/mol. The van der Waals surface area contributed by atoms with Crippen molar-refractivity contribution in [2.24, 2.45) is 35.5 Å². The van der Waals surface area contributed by atoms with Crippen LogP contribution in [0.3, 0.4) is 0 Å². The van der Waals surface area contributed by atoms with Gasteiger partial charge in [0.05, 0.1) is 12.3 Å². The second-order valence-corrected chi connectivity index (χ2v) is 19.9. The van der Waals surface area contributed by atoms with Gasteiger partial charge in [-0.15, -0.1) is 0 Å². The van der Waals surface area contributed by atoms with Crippen molar-refractivity contribution in [3.63, 3.8) is 0 Å². The Morgan fingerprint density at radius 1 is 0.846 bits per heavy atom. The van der Waals surface area contributed by atoms with Crippen LogP contribution in [0.5, 0.6) is 0 Å². The summed E-state index contributed by atoms with van der Waals surface area (Å²) in [5, 5.41) is 28.1. The Hall–Kier alpha value is -4.64. The molecule has 65 heavy (non-hydrogen) atoms. The molecule has 8 bridgehead atoms. The Morgan fingerprint density at radius 2 is 1.51 bits per heavy atom. The summed E-state index contributed by atoms with van der Waals surface area (Å²) in [4.78, 5) is 38.8. The van der Waals surface area contributed by atoms with E-state index in [-0.39, 0.29) is 31.4 Å². The number of nitrogens with one attached hydrogen (secondary N) is 4. The molecule has 0 amide bonds. The van der Waals surface area contributed by atoms with E-state index >= 15 is 0 Å². The molecule has 6 rings (SSSR count). The van der Waals surface area contributed by atoms with Crippen LogP contribution in [0.1, 0.15) is 173 Å². The zero-order valence-electron chi connectivity index (χ0n) is 41.1. The van der Waals surface area contributed by atoms with Gasteiger partial charge in [0.15, 0.2) is 12.1 Å². The first-order valence-electron chi connectivity index (χ1n) is 24.5. The van der Waals surface area contributed by atoms with E-state index in [9.17, 15) is 19.8 Å². The van der Waals surface area contributed by atoms with Crippen LogP contribution < -0.4 is 16.0 Å².